The molecule has 1 aliphatic carbocycles. The largest absolute Gasteiger partial charge is 0.376 e. The van der Waals surface area contributed by atoms with E-state index in [0.717, 1.165) is 11.1 Å². The second kappa shape index (κ2) is 4.43. The quantitative estimate of drug-likeness (QED) is 0.801. The lowest BCUT2D eigenvalue weighted by molar-refractivity contribution is 0.0939. The molecule has 1 aliphatic rings. The number of Topliss-reactive ketones (excluding diaryl/α,β-unsaturated/α-hetero) is 1. The van der Waals surface area contributed by atoms with Gasteiger partial charge in [0, 0.05) is 16.7 Å². The first-order valence-corrected chi connectivity index (χ1v) is 6.67. The van der Waals surface area contributed by atoms with E-state index in [0.29, 0.717) is 16.7 Å². The van der Waals surface area contributed by atoms with Gasteiger partial charge < -0.3 is 5.11 Å². The zero-order valence-electron chi connectivity index (χ0n) is 11.6. The van der Waals surface area contributed by atoms with Crippen LogP contribution in [0.2, 0.25) is 0 Å². The van der Waals surface area contributed by atoms with Crippen LogP contribution in [0, 0.1) is 0 Å². The molecule has 0 amide bonds. The summed E-state index contributed by atoms with van der Waals surface area (Å²) in [5.74, 6) is -0.0769. The molecule has 20 heavy (non-hydrogen) atoms. The first-order chi connectivity index (χ1) is 9.56. The molecule has 2 heteroatoms. The molecule has 2 nitrogen and oxygen atoms in total. The molecule has 0 unspecified atom stereocenters. The molecule has 0 spiro atoms. The summed E-state index contributed by atoms with van der Waals surface area (Å²) >= 11 is 0. The second-order valence-corrected chi connectivity index (χ2v) is 5.33. The van der Waals surface area contributed by atoms with Gasteiger partial charge in [0.05, 0.1) is 0 Å². The summed E-state index contributed by atoms with van der Waals surface area (Å²) in [5.41, 5.74) is 1.98. The van der Waals surface area contributed by atoms with Gasteiger partial charge in [-0.25, -0.2) is 0 Å². The van der Waals surface area contributed by atoms with E-state index in [1.54, 1.807) is 6.07 Å². The fraction of sp³-hybridized carbons (Fsp3) is 0.167. The van der Waals surface area contributed by atoms with E-state index in [9.17, 15) is 9.90 Å². The molecule has 2 aromatic rings. The van der Waals surface area contributed by atoms with Crippen molar-refractivity contribution in [3.63, 3.8) is 0 Å². The molecule has 1 N–H and O–H groups in total. The molecule has 100 valence electrons. The summed E-state index contributed by atoms with van der Waals surface area (Å²) in [5, 5.41) is 11.3. The Balaban J connectivity index is 2.38. The minimum atomic E-state index is -1.34. The lowest BCUT2D eigenvalue weighted by Crippen LogP contribution is -2.28. The Morgan fingerprint density at radius 1 is 0.950 bits per heavy atom. The Kier molecular flexibility index (Phi) is 2.84. The third-order valence-corrected chi connectivity index (χ3v) is 3.84. The van der Waals surface area contributed by atoms with Crippen molar-refractivity contribution in [1.82, 2.24) is 0 Å². The number of hydrogen-bond acceptors (Lipinski definition) is 2. The van der Waals surface area contributed by atoms with E-state index in [4.69, 9.17) is 0 Å². The monoisotopic (exact) mass is 264 g/mol. The third-order valence-electron chi connectivity index (χ3n) is 3.84. The number of fused-ring (bicyclic) bond motifs is 1. The maximum absolute atomic E-state index is 12.6. The van der Waals surface area contributed by atoms with Crippen LogP contribution in [-0.4, -0.2) is 10.9 Å². The smallest absolute Gasteiger partial charge is 0.192 e. The molecular weight excluding hydrogens is 248 g/mol. The van der Waals surface area contributed by atoms with Crippen molar-refractivity contribution in [3.05, 3.63) is 82.4 Å². The molecule has 0 radical (unpaired) electrons. The molecule has 0 fully saturated rings. The molecular formula is C18H16O2. The highest BCUT2D eigenvalue weighted by Crippen LogP contribution is 2.46. The zero-order valence-corrected chi connectivity index (χ0v) is 11.6. The lowest BCUT2D eigenvalue weighted by Gasteiger charge is -2.26. The van der Waals surface area contributed by atoms with E-state index in [1.165, 1.54) is 0 Å². The number of benzene rings is 2. The van der Waals surface area contributed by atoms with Crippen molar-refractivity contribution in [2.75, 3.05) is 0 Å². The van der Waals surface area contributed by atoms with Gasteiger partial charge in [0.1, 0.15) is 5.60 Å². The maximum Gasteiger partial charge on any atom is 0.192 e. The minimum Gasteiger partial charge on any atom is -0.376 e. The van der Waals surface area contributed by atoms with Gasteiger partial charge in [0.25, 0.3) is 0 Å². The van der Waals surface area contributed by atoms with E-state index in [-0.39, 0.29) is 5.78 Å². The van der Waals surface area contributed by atoms with Crippen LogP contribution in [0.3, 0.4) is 0 Å². The Bertz CT molecular complexity index is 709. The fourth-order valence-electron chi connectivity index (χ4n) is 3.00. The Morgan fingerprint density at radius 2 is 1.55 bits per heavy atom. The average molecular weight is 264 g/mol. The molecule has 0 heterocycles. The van der Waals surface area contributed by atoms with Crippen LogP contribution in [0.15, 0.2) is 65.7 Å². The van der Waals surface area contributed by atoms with Crippen molar-refractivity contribution >= 4 is 5.78 Å². The second-order valence-electron chi connectivity index (χ2n) is 5.33. The third kappa shape index (κ3) is 1.58. The van der Waals surface area contributed by atoms with Crippen molar-refractivity contribution in [1.29, 1.82) is 0 Å². The first-order valence-electron chi connectivity index (χ1n) is 6.67. The van der Waals surface area contributed by atoms with Gasteiger partial charge in [-0.15, -0.1) is 0 Å². The lowest BCUT2D eigenvalue weighted by atomic mass is 9.83. The van der Waals surface area contributed by atoms with E-state index in [1.807, 2.05) is 62.4 Å². The SMILES string of the molecule is CC(C)=C1C(=O)c2ccccc2[C@@]1(O)c1ccccc1. The van der Waals surface area contributed by atoms with Crippen LogP contribution in [0.25, 0.3) is 0 Å². The molecule has 0 aromatic heterocycles. The van der Waals surface area contributed by atoms with Gasteiger partial charge in [0.15, 0.2) is 5.78 Å². The number of carbonyl (C=O) groups excluding carboxylic acids is 1. The van der Waals surface area contributed by atoms with Crippen LogP contribution in [0.4, 0.5) is 0 Å². The summed E-state index contributed by atoms with van der Waals surface area (Å²) in [4.78, 5) is 12.6. The van der Waals surface area contributed by atoms with Crippen LogP contribution in [0.5, 0.6) is 0 Å². The molecule has 0 saturated carbocycles. The highest BCUT2D eigenvalue weighted by atomic mass is 16.3. The van der Waals surface area contributed by atoms with Crippen molar-refractivity contribution in [2.45, 2.75) is 19.4 Å². The Morgan fingerprint density at radius 3 is 2.20 bits per heavy atom. The maximum atomic E-state index is 12.6. The summed E-state index contributed by atoms with van der Waals surface area (Å²) in [6, 6.07) is 16.7. The summed E-state index contributed by atoms with van der Waals surface area (Å²) in [6.45, 7) is 3.74. The predicted octanol–water partition coefficient (Wildman–Crippen LogP) is 3.46. The average Bonchev–Trinajstić information content (AvgIpc) is 2.70. The molecule has 2 aromatic carbocycles. The fourth-order valence-corrected chi connectivity index (χ4v) is 3.00. The minimum absolute atomic E-state index is 0.0769. The number of hydrogen-bond donors (Lipinski definition) is 1. The molecule has 0 bridgehead atoms. The highest BCUT2D eigenvalue weighted by Gasteiger charge is 2.48. The van der Waals surface area contributed by atoms with Crippen molar-refractivity contribution < 1.29 is 9.90 Å². The Hall–Kier alpha value is -2.19. The topological polar surface area (TPSA) is 37.3 Å². The van der Waals surface area contributed by atoms with Gasteiger partial charge in [-0.3, -0.25) is 4.79 Å². The van der Waals surface area contributed by atoms with Gasteiger partial charge in [-0.1, -0.05) is 60.2 Å². The highest BCUT2D eigenvalue weighted by molar-refractivity contribution is 6.16. The summed E-state index contributed by atoms with van der Waals surface area (Å²) < 4.78 is 0. The van der Waals surface area contributed by atoms with Crippen LogP contribution in [0.1, 0.15) is 35.3 Å². The first kappa shape index (κ1) is 12.8. The zero-order chi connectivity index (χ0) is 14.3. The van der Waals surface area contributed by atoms with E-state index in [2.05, 4.69) is 0 Å². The number of carbonyl (C=O) groups is 1. The molecule has 3 rings (SSSR count). The molecule has 0 saturated heterocycles. The van der Waals surface area contributed by atoms with Gasteiger partial charge in [-0.2, -0.15) is 0 Å². The van der Waals surface area contributed by atoms with Crippen LogP contribution < -0.4 is 0 Å². The summed E-state index contributed by atoms with van der Waals surface area (Å²) in [6.07, 6.45) is 0. The molecule has 1 atom stereocenters. The van der Waals surface area contributed by atoms with E-state index >= 15 is 0 Å². The van der Waals surface area contributed by atoms with Gasteiger partial charge in [-0.05, 0) is 19.4 Å². The van der Waals surface area contributed by atoms with Gasteiger partial charge >= 0.3 is 0 Å². The molecule has 0 aliphatic heterocycles. The predicted molar refractivity (Wildman–Crippen MR) is 78.6 cm³/mol. The van der Waals surface area contributed by atoms with Crippen LogP contribution >= 0.6 is 0 Å². The van der Waals surface area contributed by atoms with Gasteiger partial charge in [0.2, 0.25) is 0 Å². The number of ketones is 1. The normalized spacial score (nSPS) is 20.9. The van der Waals surface area contributed by atoms with Crippen molar-refractivity contribution in [3.8, 4) is 0 Å². The Labute approximate surface area is 118 Å². The number of aliphatic hydroxyl groups is 1. The summed E-state index contributed by atoms with van der Waals surface area (Å²) in [7, 11) is 0. The number of allylic oxidation sites excluding steroid dienone is 1. The standard InChI is InChI=1S/C18H16O2/c1-12(2)16-17(19)14-10-6-7-11-15(14)18(16,20)13-8-4-3-5-9-13/h3-11,20H,1-2H3/t18-/m0/s1. The van der Waals surface area contributed by atoms with E-state index < -0.39 is 5.60 Å². The van der Waals surface area contributed by atoms with Crippen LogP contribution in [-0.2, 0) is 5.60 Å². The number of rotatable bonds is 1. The van der Waals surface area contributed by atoms with Crippen molar-refractivity contribution in [2.24, 2.45) is 0 Å².